The van der Waals surface area contributed by atoms with Crippen molar-refractivity contribution in [2.45, 2.75) is 13.3 Å². The maximum atomic E-state index is 13.2. The third-order valence-electron chi connectivity index (χ3n) is 4.93. The topological polar surface area (TPSA) is 144 Å². The van der Waals surface area contributed by atoms with Crippen LogP contribution < -0.4 is 20.7 Å². The largest absolute Gasteiger partial charge is 0.496 e. The van der Waals surface area contributed by atoms with Crippen molar-refractivity contribution in [2.24, 2.45) is 0 Å². The fraction of sp³-hybridized carbons (Fsp3) is 0.250. The molecular weight excluding hydrogens is 504 g/mol. The smallest absolute Gasteiger partial charge is 0.325 e. The summed E-state index contributed by atoms with van der Waals surface area (Å²) >= 11 is 1.13. The van der Waals surface area contributed by atoms with Crippen molar-refractivity contribution in [2.75, 3.05) is 36.3 Å². The van der Waals surface area contributed by atoms with Crippen molar-refractivity contribution in [3.63, 3.8) is 0 Å². The normalized spacial score (nSPS) is 11.0. The lowest BCUT2D eigenvalue weighted by Crippen LogP contribution is -2.30. The van der Waals surface area contributed by atoms with Crippen LogP contribution in [0.15, 0.2) is 47.8 Å². The molecule has 0 atom stereocenters. The number of methoxy groups -OCH3 is 1. The van der Waals surface area contributed by atoms with Crippen LogP contribution >= 0.6 is 11.3 Å². The molecule has 3 amide bonds. The molecule has 0 aliphatic carbocycles. The van der Waals surface area contributed by atoms with Crippen LogP contribution in [0.4, 0.5) is 15.6 Å². The van der Waals surface area contributed by atoms with E-state index in [9.17, 15) is 22.8 Å². The van der Waals surface area contributed by atoms with Crippen molar-refractivity contribution in [1.29, 1.82) is 0 Å². The predicted molar refractivity (Wildman–Crippen MR) is 139 cm³/mol. The third-order valence-corrected chi connectivity index (χ3v) is 6.68. The molecule has 3 N–H and O–H groups in total. The molecule has 0 aliphatic heterocycles. The van der Waals surface area contributed by atoms with E-state index in [0.29, 0.717) is 28.3 Å². The van der Waals surface area contributed by atoms with Gasteiger partial charge in [0.2, 0.25) is 5.91 Å². The summed E-state index contributed by atoms with van der Waals surface area (Å²) < 4.78 is 27.6. The molecule has 0 aliphatic rings. The molecule has 0 radical (unpaired) electrons. The summed E-state index contributed by atoms with van der Waals surface area (Å²) in [7, 11) is -1.69. The Kier molecular flexibility index (Phi) is 8.78. The number of urea groups is 1. The number of para-hydroxylation sites is 1. The van der Waals surface area contributed by atoms with Gasteiger partial charge in [-0.15, -0.1) is 11.3 Å². The molecule has 3 rings (SSSR count). The first-order valence-electron chi connectivity index (χ1n) is 10.8. The van der Waals surface area contributed by atoms with Gasteiger partial charge in [-0.05, 0) is 36.8 Å². The molecular formula is C24H26N4O6S2. The SMILES string of the molecule is COc1ccccc1C(=O)c1ccc(C)cc1NC(=O)Nc1nc(CC(=O)NCCS(C)(=O)=O)cs1. The lowest BCUT2D eigenvalue weighted by molar-refractivity contribution is -0.120. The van der Waals surface area contributed by atoms with Crippen molar-refractivity contribution in [3.05, 3.63) is 70.2 Å². The second kappa shape index (κ2) is 11.8. The van der Waals surface area contributed by atoms with E-state index < -0.39 is 15.9 Å². The monoisotopic (exact) mass is 530 g/mol. The number of ketones is 1. The van der Waals surface area contributed by atoms with Crippen molar-refractivity contribution >= 4 is 49.7 Å². The number of carbonyl (C=O) groups is 3. The number of aryl methyl sites for hydroxylation is 1. The summed E-state index contributed by atoms with van der Waals surface area (Å²) in [5, 5.41) is 9.71. The Hall–Kier alpha value is -3.77. The minimum absolute atomic E-state index is 0.0156. The molecule has 1 heterocycles. The third kappa shape index (κ3) is 7.62. The lowest BCUT2D eigenvalue weighted by atomic mass is 9.99. The van der Waals surface area contributed by atoms with Gasteiger partial charge in [0.15, 0.2) is 10.9 Å². The van der Waals surface area contributed by atoms with Gasteiger partial charge in [0, 0.05) is 23.7 Å². The van der Waals surface area contributed by atoms with Gasteiger partial charge in [-0.25, -0.2) is 18.2 Å². The zero-order valence-corrected chi connectivity index (χ0v) is 21.6. The molecule has 0 fully saturated rings. The number of nitrogens with one attached hydrogen (secondary N) is 3. The van der Waals surface area contributed by atoms with Gasteiger partial charge in [0.1, 0.15) is 15.6 Å². The number of anilines is 2. The number of hydrogen-bond donors (Lipinski definition) is 3. The van der Waals surface area contributed by atoms with Gasteiger partial charge in [-0.2, -0.15) is 0 Å². The number of rotatable bonds is 10. The highest BCUT2D eigenvalue weighted by molar-refractivity contribution is 7.90. The molecule has 36 heavy (non-hydrogen) atoms. The average Bonchev–Trinajstić information content (AvgIpc) is 3.24. The Morgan fingerprint density at radius 2 is 1.81 bits per heavy atom. The molecule has 0 spiro atoms. The van der Waals surface area contributed by atoms with Gasteiger partial charge in [-0.3, -0.25) is 14.9 Å². The Balaban J connectivity index is 1.66. The molecule has 0 saturated carbocycles. The number of thiazole rings is 1. The zero-order valence-electron chi connectivity index (χ0n) is 20.0. The highest BCUT2D eigenvalue weighted by atomic mass is 32.2. The Morgan fingerprint density at radius 1 is 1.06 bits per heavy atom. The van der Waals surface area contributed by atoms with Crippen LogP contribution in [-0.2, 0) is 21.1 Å². The number of carbonyl (C=O) groups excluding carboxylic acids is 3. The van der Waals surface area contributed by atoms with Crippen LogP contribution in [0.5, 0.6) is 5.75 Å². The van der Waals surface area contributed by atoms with Gasteiger partial charge < -0.3 is 15.4 Å². The minimum Gasteiger partial charge on any atom is -0.496 e. The molecule has 0 bridgehead atoms. The number of sulfone groups is 1. The summed E-state index contributed by atoms with van der Waals surface area (Å²) in [5.74, 6) is -0.405. The van der Waals surface area contributed by atoms with E-state index in [-0.39, 0.29) is 35.5 Å². The predicted octanol–water partition coefficient (Wildman–Crippen LogP) is 3.04. The highest BCUT2D eigenvalue weighted by Gasteiger charge is 2.19. The van der Waals surface area contributed by atoms with E-state index in [1.807, 2.05) is 6.92 Å². The maximum absolute atomic E-state index is 13.2. The number of hydrogen-bond acceptors (Lipinski definition) is 8. The molecule has 12 heteroatoms. The van der Waals surface area contributed by atoms with Crippen LogP contribution in [0.1, 0.15) is 27.2 Å². The first-order valence-corrected chi connectivity index (χ1v) is 13.7. The molecule has 2 aromatic carbocycles. The van der Waals surface area contributed by atoms with E-state index in [2.05, 4.69) is 20.9 Å². The number of ether oxygens (including phenoxy) is 1. The summed E-state index contributed by atoms with van der Waals surface area (Å²) in [6, 6.07) is 11.3. The molecule has 190 valence electrons. The van der Waals surface area contributed by atoms with Crippen molar-refractivity contribution < 1.29 is 27.5 Å². The van der Waals surface area contributed by atoms with Gasteiger partial charge >= 0.3 is 6.03 Å². The molecule has 1 aromatic heterocycles. The second-order valence-corrected chi connectivity index (χ2v) is 11.1. The summed E-state index contributed by atoms with van der Waals surface area (Å²) in [6.07, 6.45) is 1.04. The molecule has 0 unspecified atom stereocenters. The number of aromatic nitrogens is 1. The minimum atomic E-state index is -3.17. The molecule has 3 aromatic rings. The van der Waals surface area contributed by atoms with Gasteiger partial charge in [0.25, 0.3) is 0 Å². The number of benzene rings is 2. The standard InChI is InChI=1S/C24H26N4O6S2/c1-15-8-9-17(22(30)18-6-4-5-7-20(18)34-2)19(12-15)27-23(31)28-24-26-16(14-35-24)13-21(29)25-10-11-36(3,32)33/h4-9,12,14H,10-11,13H2,1-3H3,(H,25,29)(H2,26,27,28,31). The lowest BCUT2D eigenvalue weighted by Gasteiger charge is -2.13. The van der Waals surface area contributed by atoms with E-state index >= 15 is 0 Å². The van der Waals surface area contributed by atoms with Gasteiger partial charge in [0.05, 0.1) is 36.2 Å². The van der Waals surface area contributed by atoms with Crippen LogP contribution in [0, 0.1) is 6.92 Å². The van der Waals surface area contributed by atoms with Crippen molar-refractivity contribution in [3.8, 4) is 5.75 Å². The number of amides is 3. The Bertz CT molecular complexity index is 1380. The fourth-order valence-corrected chi connectivity index (χ4v) is 4.41. The van der Waals surface area contributed by atoms with Crippen LogP contribution in [0.3, 0.4) is 0 Å². The Morgan fingerprint density at radius 3 is 2.53 bits per heavy atom. The fourth-order valence-electron chi connectivity index (χ4n) is 3.24. The molecule has 0 saturated heterocycles. The van der Waals surface area contributed by atoms with Gasteiger partial charge in [-0.1, -0.05) is 18.2 Å². The summed E-state index contributed by atoms with van der Waals surface area (Å²) in [6.45, 7) is 1.86. The average molecular weight is 531 g/mol. The van der Waals surface area contributed by atoms with Crippen LogP contribution in [0.2, 0.25) is 0 Å². The zero-order chi connectivity index (χ0) is 26.3. The maximum Gasteiger partial charge on any atom is 0.325 e. The first-order chi connectivity index (χ1) is 17.1. The summed E-state index contributed by atoms with van der Waals surface area (Å²) in [4.78, 5) is 42.1. The van der Waals surface area contributed by atoms with Crippen LogP contribution in [0.25, 0.3) is 0 Å². The number of nitrogens with zero attached hydrogens (tertiary/aromatic N) is 1. The van der Waals surface area contributed by atoms with Crippen molar-refractivity contribution in [1.82, 2.24) is 10.3 Å². The van der Waals surface area contributed by atoms with E-state index in [1.54, 1.807) is 47.8 Å². The highest BCUT2D eigenvalue weighted by Crippen LogP contribution is 2.26. The van der Waals surface area contributed by atoms with E-state index in [0.717, 1.165) is 23.2 Å². The Labute approximate surface area is 213 Å². The second-order valence-electron chi connectivity index (χ2n) is 7.96. The first kappa shape index (κ1) is 26.8. The molecule has 10 nitrogen and oxygen atoms in total. The van der Waals surface area contributed by atoms with E-state index in [4.69, 9.17) is 4.74 Å². The van der Waals surface area contributed by atoms with Crippen LogP contribution in [-0.4, -0.2) is 56.8 Å². The van der Waals surface area contributed by atoms with E-state index in [1.165, 1.54) is 7.11 Å². The quantitative estimate of drug-likeness (QED) is 0.342. The summed E-state index contributed by atoms with van der Waals surface area (Å²) in [5.41, 5.74) is 2.26.